The zero-order valence-electron chi connectivity index (χ0n) is 10.6. The predicted octanol–water partition coefficient (Wildman–Crippen LogP) is 0.912. The number of hydrogen-bond acceptors (Lipinski definition) is 4. The van der Waals surface area contributed by atoms with Crippen LogP contribution in [0.4, 0.5) is 5.82 Å². The first kappa shape index (κ1) is 12.6. The number of rotatable bonds is 2. The molecule has 1 aromatic rings. The van der Waals surface area contributed by atoms with Crippen LogP contribution in [0, 0.1) is 6.92 Å². The van der Waals surface area contributed by atoms with E-state index in [0.717, 1.165) is 12.8 Å². The summed E-state index contributed by atoms with van der Waals surface area (Å²) in [5.41, 5.74) is -1.23. The molecule has 98 valence electrons. The van der Waals surface area contributed by atoms with Crippen molar-refractivity contribution in [3.63, 3.8) is 0 Å². The summed E-state index contributed by atoms with van der Waals surface area (Å²) in [5.74, 6) is 0.0681. The lowest BCUT2D eigenvalue weighted by molar-refractivity contribution is -0.143. The Balaban J connectivity index is 2.46. The molecule has 0 aliphatic carbocycles. The number of aryl methyl sites for hydroxylation is 1. The van der Waals surface area contributed by atoms with Gasteiger partial charge in [-0.1, -0.05) is 0 Å². The number of nitrogens with one attached hydrogen (secondary N) is 1. The van der Waals surface area contributed by atoms with Crippen LogP contribution in [0.25, 0.3) is 0 Å². The van der Waals surface area contributed by atoms with Gasteiger partial charge in [0.05, 0.1) is 0 Å². The van der Waals surface area contributed by atoms with E-state index in [1.54, 1.807) is 18.7 Å². The minimum absolute atomic E-state index is 0.254. The Morgan fingerprint density at radius 2 is 2.28 bits per heavy atom. The number of aromatic amines is 1. The van der Waals surface area contributed by atoms with E-state index in [0.29, 0.717) is 24.6 Å². The molecule has 1 unspecified atom stereocenters. The Bertz CT molecular complexity index is 526. The highest BCUT2D eigenvalue weighted by molar-refractivity contribution is 5.83. The second-order valence-corrected chi connectivity index (χ2v) is 4.88. The average molecular weight is 251 g/mol. The van der Waals surface area contributed by atoms with Crippen molar-refractivity contribution in [1.29, 1.82) is 0 Å². The SMILES string of the molecule is Cc1nc(N2CCCCC2(C)C(=O)O)cc(=O)[nH]1. The van der Waals surface area contributed by atoms with Gasteiger partial charge in [-0.05, 0) is 33.1 Å². The highest BCUT2D eigenvalue weighted by Crippen LogP contribution is 2.31. The molecule has 6 heteroatoms. The van der Waals surface area contributed by atoms with E-state index in [1.807, 2.05) is 0 Å². The van der Waals surface area contributed by atoms with Crippen molar-refractivity contribution >= 4 is 11.8 Å². The summed E-state index contributed by atoms with van der Waals surface area (Å²) >= 11 is 0. The van der Waals surface area contributed by atoms with Gasteiger partial charge in [0.2, 0.25) is 0 Å². The van der Waals surface area contributed by atoms with E-state index in [9.17, 15) is 14.7 Å². The fourth-order valence-corrected chi connectivity index (χ4v) is 2.41. The van der Waals surface area contributed by atoms with Crippen LogP contribution in [0.5, 0.6) is 0 Å². The van der Waals surface area contributed by atoms with Crippen LogP contribution in [0.3, 0.4) is 0 Å². The van der Waals surface area contributed by atoms with E-state index in [2.05, 4.69) is 9.97 Å². The first-order valence-corrected chi connectivity index (χ1v) is 6.02. The number of nitrogens with zero attached hydrogens (tertiary/aromatic N) is 2. The summed E-state index contributed by atoms with van der Waals surface area (Å²) < 4.78 is 0. The van der Waals surface area contributed by atoms with Crippen LogP contribution >= 0.6 is 0 Å². The molecule has 1 aromatic heterocycles. The fraction of sp³-hybridized carbons (Fsp3) is 0.583. The number of aromatic nitrogens is 2. The van der Waals surface area contributed by atoms with Crippen LogP contribution in [-0.4, -0.2) is 33.1 Å². The van der Waals surface area contributed by atoms with Crippen LogP contribution in [-0.2, 0) is 4.79 Å². The van der Waals surface area contributed by atoms with Gasteiger partial charge in [0.1, 0.15) is 17.2 Å². The number of hydrogen-bond donors (Lipinski definition) is 2. The van der Waals surface area contributed by atoms with Gasteiger partial charge in [-0.15, -0.1) is 0 Å². The van der Waals surface area contributed by atoms with E-state index in [-0.39, 0.29) is 5.56 Å². The van der Waals surface area contributed by atoms with E-state index in [1.165, 1.54) is 6.07 Å². The minimum atomic E-state index is -0.981. The summed E-state index contributed by atoms with van der Waals surface area (Å²) in [5, 5.41) is 9.41. The molecule has 2 rings (SSSR count). The summed E-state index contributed by atoms with van der Waals surface area (Å²) in [7, 11) is 0. The smallest absolute Gasteiger partial charge is 0.329 e. The van der Waals surface area contributed by atoms with Crippen molar-refractivity contribution in [2.24, 2.45) is 0 Å². The molecule has 0 saturated carbocycles. The van der Waals surface area contributed by atoms with Gasteiger partial charge in [-0.2, -0.15) is 0 Å². The third-order valence-electron chi connectivity index (χ3n) is 3.47. The first-order valence-electron chi connectivity index (χ1n) is 6.02. The fourth-order valence-electron chi connectivity index (χ4n) is 2.41. The normalized spacial score (nSPS) is 24.0. The van der Waals surface area contributed by atoms with Gasteiger partial charge in [0.15, 0.2) is 0 Å². The number of anilines is 1. The molecular weight excluding hydrogens is 234 g/mol. The summed E-state index contributed by atoms with van der Waals surface area (Å²) in [6.45, 7) is 3.98. The maximum Gasteiger partial charge on any atom is 0.329 e. The van der Waals surface area contributed by atoms with Gasteiger partial charge in [0, 0.05) is 12.6 Å². The Hall–Kier alpha value is -1.85. The zero-order valence-corrected chi connectivity index (χ0v) is 10.6. The van der Waals surface area contributed by atoms with E-state index >= 15 is 0 Å². The van der Waals surface area contributed by atoms with Gasteiger partial charge in [-0.25, -0.2) is 9.78 Å². The zero-order chi connectivity index (χ0) is 13.3. The number of carboxylic acid groups (broad SMARTS) is 1. The Morgan fingerprint density at radius 1 is 1.56 bits per heavy atom. The van der Waals surface area contributed by atoms with Crippen LogP contribution in [0.2, 0.25) is 0 Å². The van der Waals surface area contributed by atoms with Gasteiger partial charge >= 0.3 is 5.97 Å². The molecule has 0 radical (unpaired) electrons. The molecular formula is C12H17N3O3. The molecule has 0 spiro atoms. The molecule has 1 atom stereocenters. The topological polar surface area (TPSA) is 86.3 Å². The lowest BCUT2D eigenvalue weighted by atomic mass is 9.88. The van der Waals surface area contributed by atoms with Crippen molar-refractivity contribution in [1.82, 2.24) is 9.97 Å². The van der Waals surface area contributed by atoms with Gasteiger partial charge in [-0.3, -0.25) is 4.79 Å². The van der Waals surface area contributed by atoms with E-state index < -0.39 is 11.5 Å². The van der Waals surface area contributed by atoms with Crippen molar-refractivity contribution < 1.29 is 9.90 Å². The molecule has 1 aliphatic heterocycles. The number of carbonyl (C=O) groups is 1. The molecule has 2 N–H and O–H groups in total. The van der Waals surface area contributed by atoms with Crippen molar-refractivity contribution in [3.8, 4) is 0 Å². The summed E-state index contributed by atoms with van der Waals surface area (Å²) in [6.07, 6.45) is 2.35. The quantitative estimate of drug-likeness (QED) is 0.816. The lowest BCUT2D eigenvalue weighted by Gasteiger charge is -2.42. The standard InChI is InChI=1S/C12H17N3O3/c1-8-13-9(7-10(16)14-8)15-6-4-3-5-12(15,2)11(17)18/h7H,3-6H2,1-2H3,(H,17,18)(H,13,14,16). The summed E-state index contributed by atoms with van der Waals surface area (Å²) in [6, 6.07) is 1.36. The van der Waals surface area contributed by atoms with Crippen LogP contribution in [0.1, 0.15) is 32.0 Å². The number of piperidine rings is 1. The molecule has 6 nitrogen and oxygen atoms in total. The third-order valence-corrected chi connectivity index (χ3v) is 3.47. The average Bonchev–Trinajstić information content (AvgIpc) is 2.28. The van der Waals surface area contributed by atoms with Crippen LogP contribution < -0.4 is 10.5 Å². The number of aliphatic carboxylic acids is 1. The second kappa shape index (κ2) is 4.44. The van der Waals surface area contributed by atoms with E-state index in [4.69, 9.17) is 0 Å². The van der Waals surface area contributed by atoms with Crippen molar-refractivity contribution in [2.45, 2.75) is 38.6 Å². The third kappa shape index (κ3) is 2.10. The van der Waals surface area contributed by atoms with Crippen molar-refractivity contribution in [3.05, 3.63) is 22.2 Å². The lowest BCUT2D eigenvalue weighted by Crippen LogP contribution is -2.56. The Kier molecular flexibility index (Phi) is 3.11. The molecule has 0 amide bonds. The molecule has 18 heavy (non-hydrogen) atoms. The summed E-state index contributed by atoms with van der Waals surface area (Å²) in [4.78, 5) is 31.5. The highest BCUT2D eigenvalue weighted by atomic mass is 16.4. The molecule has 0 aromatic carbocycles. The Morgan fingerprint density at radius 3 is 2.89 bits per heavy atom. The molecule has 1 aliphatic rings. The van der Waals surface area contributed by atoms with Gasteiger partial charge in [0.25, 0.3) is 5.56 Å². The molecule has 1 fully saturated rings. The Labute approximate surface area is 105 Å². The molecule has 0 bridgehead atoms. The highest BCUT2D eigenvalue weighted by Gasteiger charge is 2.42. The molecule has 2 heterocycles. The minimum Gasteiger partial charge on any atom is -0.480 e. The maximum absolute atomic E-state index is 11.5. The predicted molar refractivity (Wildman–Crippen MR) is 66.8 cm³/mol. The van der Waals surface area contributed by atoms with Crippen molar-refractivity contribution in [2.75, 3.05) is 11.4 Å². The first-order chi connectivity index (χ1) is 8.43. The maximum atomic E-state index is 11.5. The number of H-pyrrole nitrogens is 1. The molecule has 1 saturated heterocycles. The van der Waals surface area contributed by atoms with Crippen LogP contribution in [0.15, 0.2) is 10.9 Å². The number of carboxylic acids is 1. The largest absolute Gasteiger partial charge is 0.480 e. The second-order valence-electron chi connectivity index (χ2n) is 4.88. The monoisotopic (exact) mass is 251 g/mol. The van der Waals surface area contributed by atoms with Gasteiger partial charge < -0.3 is 15.0 Å².